The number of carbonyl (C=O) groups excluding carboxylic acids is 4. The van der Waals surface area contributed by atoms with E-state index in [4.69, 9.17) is 0 Å². The van der Waals surface area contributed by atoms with E-state index in [1.807, 2.05) is 0 Å². The lowest BCUT2D eigenvalue weighted by molar-refractivity contribution is -0.119. The van der Waals surface area contributed by atoms with Gasteiger partial charge in [0.2, 0.25) is 11.8 Å². The van der Waals surface area contributed by atoms with Crippen molar-refractivity contribution < 1.29 is 19.2 Å². The Labute approximate surface area is 161 Å². The van der Waals surface area contributed by atoms with Gasteiger partial charge in [-0.1, -0.05) is 12.1 Å². The number of nitrogens with one attached hydrogen (secondary N) is 1. The Morgan fingerprint density at radius 2 is 1.54 bits per heavy atom. The van der Waals surface area contributed by atoms with E-state index in [1.165, 1.54) is 0 Å². The number of amides is 4. The van der Waals surface area contributed by atoms with Crippen LogP contribution in [-0.2, 0) is 9.59 Å². The Balaban J connectivity index is 1.40. The number of hydrogen-bond donors (Lipinski definition) is 1. The molecule has 7 heteroatoms. The lowest BCUT2D eigenvalue weighted by Gasteiger charge is -2.26. The molecule has 0 atom stereocenters. The first-order valence-electron chi connectivity index (χ1n) is 9.20. The van der Waals surface area contributed by atoms with Crippen LogP contribution in [0.15, 0.2) is 48.5 Å². The zero-order valence-corrected chi connectivity index (χ0v) is 15.2. The molecule has 0 spiro atoms. The van der Waals surface area contributed by atoms with Gasteiger partial charge in [0.1, 0.15) is 6.54 Å². The summed E-state index contributed by atoms with van der Waals surface area (Å²) in [6.07, 6.45) is 2.45. The predicted octanol–water partition coefficient (Wildman–Crippen LogP) is 2.44. The summed E-state index contributed by atoms with van der Waals surface area (Å²) in [6.45, 7) is 0.350. The van der Waals surface area contributed by atoms with Crippen LogP contribution in [0.4, 0.5) is 11.4 Å². The minimum absolute atomic E-state index is 0.105. The molecule has 2 aromatic rings. The average Bonchev–Trinajstić information content (AvgIpc) is 2.94. The van der Waals surface area contributed by atoms with Crippen LogP contribution in [0.2, 0.25) is 0 Å². The molecule has 2 heterocycles. The van der Waals surface area contributed by atoms with Gasteiger partial charge in [0.15, 0.2) is 0 Å². The molecule has 2 aromatic carbocycles. The highest BCUT2D eigenvalue weighted by Crippen LogP contribution is 2.24. The number of hydrogen-bond acceptors (Lipinski definition) is 4. The van der Waals surface area contributed by atoms with Gasteiger partial charge in [-0.15, -0.1) is 0 Å². The molecule has 7 nitrogen and oxygen atoms in total. The van der Waals surface area contributed by atoms with Crippen LogP contribution >= 0.6 is 0 Å². The highest BCUT2D eigenvalue weighted by atomic mass is 16.2. The molecule has 4 amide bonds. The fraction of sp³-hybridized carbons (Fsp3) is 0.238. The van der Waals surface area contributed by atoms with Crippen LogP contribution in [0.25, 0.3) is 0 Å². The molecule has 1 saturated heterocycles. The summed E-state index contributed by atoms with van der Waals surface area (Å²) in [4.78, 5) is 51.7. The number of imide groups is 1. The number of benzene rings is 2. The summed E-state index contributed by atoms with van der Waals surface area (Å²) in [5, 5.41) is 2.69. The third-order valence-electron chi connectivity index (χ3n) is 4.97. The maximum Gasteiger partial charge on any atom is 0.262 e. The molecular formula is C21H19N3O4. The summed E-state index contributed by atoms with van der Waals surface area (Å²) in [5.74, 6) is -1.28. The fourth-order valence-corrected chi connectivity index (χ4v) is 3.53. The van der Waals surface area contributed by atoms with Crippen LogP contribution in [0, 0.1) is 0 Å². The topological polar surface area (TPSA) is 86.8 Å². The monoisotopic (exact) mass is 377 g/mol. The zero-order chi connectivity index (χ0) is 19.7. The maximum atomic E-state index is 12.3. The number of rotatable bonds is 4. The van der Waals surface area contributed by atoms with E-state index in [0.717, 1.165) is 23.4 Å². The van der Waals surface area contributed by atoms with Crippen molar-refractivity contribution in [2.75, 3.05) is 23.3 Å². The number of anilines is 2. The van der Waals surface area contributed by atoms with Crippen molar-refractivity contribution in [3.63, 3.8) is 0 Å². The van der Waals surface area contributed by atoms with Gasteiger partial charge in [-0.2, -0.15) is 0 Å². The summed E-state index contributed by atoms with van der Waals surface area (Å²) in [7, 11) is 0. The molecule has 0 bridgehead atoms. The lowest BCUT2D eigenvalue weighted by atomic mass is 10.1. The molecular weight excluding hydrogens is 358 g/mol. The van der Waals surface area contributed by atoms with E-state index >= 15 is 0 Å². The highest BCUT2D eigenvalue weighted by Gasteiger charge is 2.36. The van der Waals surface area contributed by atoms with Crippen molar-refractivity contribution in [2.45, 2.75) is 19.3 Å². The van der Waals surface area contributed by atoms with E-state index in [0.29, 0.717) is 29.8 Å². The van der Waals surface area contributed by atoms with Crippen molar-refractivity contribution in [3.8, 4) is 0 Å². The van der Waals surface area contributed by atoms with Crippen molar-refractivity contribution in [1.82, 2.24) is 4.90 Å². The van der Waals surface area contributed by atoms with Gasteiger partial charge in [-0.25, -0.2) is 0 Å². The highest BCUT2D eigenvalue weighted by molar-refractivity contribution is 6.22. The molecule has 0 aliphatic carbocycles. The third kappa shape index (κ3) is 3.26. The van der Waals surface area contributed by atoms with E-state index in [-0.39, 0.29) is 12.5 Å². The van der Waals surface area contributed by atoms with Gasteiger partial charge in [0.05, 0.1) is 11.1 Å². The normalized spacial score (nSPS) is 16.4. The Bertz CT molecular complexity index is 933. The summed E-state index contributed by atoms with van der Waals surface area (Å²) < 4.78 is 0. The molecule has 0 unspecified atom stereocenters. The van der Waals surface area contributed by atoms with Crippen LogP contribution in [0.3, 0.4) is 0 Å². The van der Waals surface area contributed by atoms with Crippen LogP contribution in [0.1, 0.15) is 40.0 Å². The Morgan fingerprint density at radius 1 is 0.893 bits per heavy atom. The molecule has 2 aliphatic heterocycles. The average molecular weight is 377 g/mol. The summed E-state index contributed by atoms with van der Waals surface area (Å²) in [5.41, 5.74) is 1.96. The first-order valence-corrected chi connectivity index (χ1v) is 9.20. The predicted molar refractivity (Wildman–Crippen MR) is 103 cm³/mol. The van der Waals surface area contributed by atoms with Gasteiger partial charge < -0.3 is 10.2 Å². The molecule has 4 rings (SSSR count). The van der Waals surface area contributed by atoms with Gasteiger partial charge >= 0.3 is 0 Å². The molecule has 0 aromatic heterocycles. The first kappa shape index (κ1) is 17.9. The largest absolute Gasteiger partial charge is 0.325 e. The molecule has 1 fully saturated rings. The number of nitrogens with zero attached hydrogens (tertiary/aromatic N) is 2. The van der Waals surface area contributed by atoms with Crippen LogP contribution < -0.4 is 10.2 Å². The Kier molecular flexibility index (Phi) is 4.65. The van der Waals surface area contributed by atoms with Crippen LogP contribution in [-0.4, -0.2) is 41.6 Å². The number of carbonyl (C=O) groups is 4. The Morgan fingerprint density at radius 3 is 2.14 bits per heavy atom. The second-order valence-corrected chi connectivity index (χ2v) is 6.84. The van der Waals surface area contributed by atoms with E-state index in [2.05, 4.69) is 5.32 Å². The van der Waals surface area contributed by atoms with E-state index in [1.54, 1.807) is 53.4 Å². The smallest absolute Gasteiger partial charge is 0.262 e. The molecule has 0 saturated carbocycles. The minimum Gasteiger partial charge on any atom is -0.325 e. The van der Waals surface area contributed by atoms with Gasteiger partial charge in [0.25, 0.3) is 11.8 Å². The maximum absolute atomic E-state index is 12.3. The lowest BCUT2D eigenvalue weighted by Crippen LogP contribution is -2.37. The molecule has 1 N–H and O–H groups in total. The quantitative estimate of drug-likeness (QED) is 0.829. The van der Waals surface area contributed by atoms with E-state index < -0.39 is 17.7 Å². The summed E-state index contributed by atoms with van der Waals surface area (Å²) in [6, 6.07) is 13.5. The third-order valence-corrected chi connectivity index (χ3v) is 4.97. The molecule has 0 radical (unpaired) electrons. The van der Waals surface area contributed by atoms with Crippen molar-refractivity contribution in [1.29, 1.82) is 0 Å². The van der Waals surface area contributed by atoms with E-state index in [9.17, 15) is 19.2 Å². The van der Waals surface area contributed by atoms with Gasteiger partial charge in [0, 0.05) is 24.3 Å². The minimum atomic E-state index is -0.463. The molecule has 28 heavy (non-hydrogen) atoms. The van der Waals surface area contributed by atoms with Crippen molar-refractivity contribution in [2.24, 2.45) is 0 Å². The second-order valence-electron chi connectivity index (χ2n) is 6.84. The SMILES string of the molecule is O=C(CN1C(=O)c2ccccc2C1=O)Nc1ccc(N2CCCCC2=O)cc1. The van der Waals surface area contributed by atoms with Crippen molar-refractivity contribution >= 4 is 35.0 Å². The fourth-order valence-electron chi connectivity index (χ4n) is 3.53. The first-order chi connectivity index (χ1) is 13.5. The van der Waals surface area contributed by atoms with Gasteiger partial charge in [-0.3, -0.25) is 24.1 Å². The standard InChI is InChI=1S/C21H19N3O4/c25-18(13-24-20(27)16-5-1-2-6-17(16)21(24)28)22-14-8-10-15(11-9-14)23-12-4-3-7-19(23)26/h1-2,5-6,8-11H,3-4,7,12-13H2,(H,22,25). The van der Waals surface area contributed by atoms with Crippen molar-refractivity contribution in [3.05, 3.63) is 59.7 Å². The second kappa shape index (κ2) is 7.26. The zero-order valence-electron chi connectivity index (χ0n) is 15.2. The van der Waals surface area contributed by atoms with Crippen LogP contribution in [0.5, 0.6) is 0 Å². The molecule has 142 valence electrons. The molecule has 2 aliphatic rings. The number of fused-ring (bicyclic) bond motifs is 1. The summed E-state index contributed by atoms with van der Waals surface area (Å²) >= 11 is 0. The Hall–Kier alpha value is -3.48. The number of piperidine rings is 1. The van der Waals surface area contributed by atoms with Gasteiger partial charge in [-0.05, 0) is 49.2 Å².